The minimum Gasteiger partial charge on any atom is -0.476 e. The first kappa shape index (κ1) is 24.0. The molecule has 1 aliphatic heterocycles. The van der Waals surface area contributed by atoms with Gasteiger partial charge in [-0.3, -0.25) is 14.5 Å². The van der Waals surface area contributed by atoms with Gasteiger partial charge in [-0.05, 0) is 39.0 Å². The van der Waals surface area contributed by atoms with Crippen molar-refractivity contribution in [2.45, 2.75) is 58.0 Å². The number of anilines is 1. The average Bonchev–Trinajstić information content (AvgIpc) is 2.58. The SMILES string of the molecule is CC1=C(SC(C)(C)C)C(=O)N(C(C)(C)C(=O)Nc2cc(C(F)(F)F)ccc2F)CO1. The zero-order valence-electron chi connectivity index (χ0n) is 17.5. The first-order valence-electron chi connectivity index (χ1n) is 9.07. The summed E-state index contributed by atoms with van der Waals surface area (Å²) in [6.45, 7) is 10.00. The van der Waals surface area contributed by atoms with Crippen LogP contribution >= 0.6 is 11.8 Å². The summed E-state index contributed by atoms with van der Waals surface area (Å²) in [5, 5.41) is 2.17. The molecule has 30 heavy (non-hydrogen) atoms. The second kappa shape index (κ2) is 8.13. The Hall–Kier alpha value is -2.23. The first-order chi connectivity index (χ1) is 13.5. The van der Waals surface area contributed by atoms with Gasteiger partial charge in [0, 0.05) is 4.75 Å². The molecule has 0 atom stereocenters. The summed E-state index contributed by atoms with van der Waals surface area (Å²) < 4.78 is 58.0. The Kier molecular flexibility index (Phi) is 6.51. The Morgan fingerprint density at radius 3 is 2.30 bits per heavy atom. The number of hydrogen-bond acceptors (Lipinski definition) is 4. The Morgan fingerprint density at radius 1 is 1.17 bits per heavy atom. The van der Waals surface area contributed by atoms with E-state index >= 15 is 0 Å². The van der Waals surface area contributed by atoms with Crippen molar-refractivity contribution in [2.24, 2.45) is 0 Å². The maximum absolute atomic E-state index is 14.0. The summed E-state index contributed by atoms with van der Waals surface area (Å²) in [5.41, 5.74) is -3.25. The fraction of sp³-hybridized carbons (Fsp3) is 0.500. The molecular formula is C20H24F4N2O3S. The highest BCUT2D eigenvalue weighted by atomic mass is 32.2. The van der Waals surface area contributed by atoms with Gasteiger partial charge in [0.25, 0.3) is 5.91 Å². The number of halogens is 4. The molecule has 1 aromatic rings. The lowest BCUT2D eigenvalue weighted by Crippen LogP contribution is -2.57. The zero-order valence-corrected chi connectivity index (χ0v) is 18.3. The molecule has 0 radical (unpaired) electrons. The van der Waals surface area contributed by atoms with Crippen LogP contribution < -0.4 is 5.32 Å². The molecule has 0 unspecified atom stereocenters. The van der Waals surface area contributed by atoms with Crippen molar-refractivity contribution in [3.05, 3.63) is 40.2 Å². The molecule has 0 aliphatic carbocycles. The largest absolute Gasteiger partial charge is 0.476 e. The van der Waals surface area contributed by atoms with Crippen LogP contribution in [0, 0.1) is 5.82 Å². The van der Waals surface area contributed by atoms with E-state index in [2.05, 4.69) is 5.32 Å². The van der Waals surface area contributed by atoms with Gasteiger partial charge < -0.3 is 10.1 Å². The normalized spacial score (nSPS) is 15.9. The second-order valence-corrected chi connectivity index (χ2v) is 10.1. The molecule has 0 fully saturated rings. The molecule has 10 heteroatoms. The van der Waals surface area contributed by atoms with Crippen LogP contribution in [0.3, 0.4) is 0 Å². The van der Waals surface area contributed by atoms with Gasteiger partial charge in [0.05, 0.1) is 11.3 Å². The number of nitrogens with one attached hydrogen (secondary N) is 1. The highest BCUT2D eigenvalue weighted by Crippen LogP contribution is 2.38. The molecule has 1 aliphatic rings. The van der Waals surface area contributed by atoms with Crippen molar-refractivity contribution in [2.75, 3.05) is 12.0 Å². The third kappa shape index (κ3) is 5.27. The van der Waals surface area contributed by atoms with Crippen LogP contribution in [0.25, 0.3) is 0 Å². The van der Waals surface area contributed by atoms with Crippen LogP contribution in [-0.2, 0) is 20.5 Å². The molecule has 1 N–H and O–H groups in total. The van der Waals surface area contributed by atoms with Crippen molar-refractivity contribution in [3.8, 4) is 0 Å². The van der Waals surface area contributed by atoms with E-state index in [0.29, 0.717) is 28.9 Å². The average molecular weight is 448 g/mol. The number of nitrogens with zero attached hydrogens (tertiary/aromatic N) is 1. The summed E-state index contributed by atoms with van der Waals surface area (Å²) >= 11 is 1.28. The van der Waals surface area contributed by atoms with Crippen molar-refractivity contribution in [1.82, 2.24) is 4.90 Å². The standard InChI is InChI=1S/C20H24F4N2O3S/c1-11-15(30-18(2,3)4)16(27)26(10-29-11)19(5,6)17(28)25-14-9-12(20(22,23)24)7-8-13(14)21/h7-9H,10H2,1-6H3,(H,25,28). The van der Waals surface area contributed by atoms with E-state index in [1.165, 1.54) is 25.6 Å². The Morgan fingerprint density at radius 2 is 1.77 bits per heavy atom. The van der Waals surface area contributed by atoms with E-state index in [1.807, 2.05) is 20.8 Å². The Bertz CT molecular complexity index is 889. The van der Waals surface area contributed by atoms with Crippen LogP contribution in [0.5, 0.6) is 0 Å². The van der Waals surface area contributed by atoms with E-state index in [4.69, 9.17) is 4.74 Å². The zero-order chi connectivity index (χ0) is 23.1. The third-order valence-electron chi connectivity index (χ3n) is 4.35. The molecule has 166 valence electrons. The minimum absolute atomic E-state index is 0.218. The lowest BCUT2D eigenvalue weighted by atomic mass is 10.0. The van der Waals surface area contributed by atoms with E-state index < -0.39 is 40.6 Å². The molecule has 1 aromatic carbocycles. The number of carbonyl (C=O) groups is 2. The van der Waals surface area contributed by atoms with Gasteiger partial charge in [0.1, 0.15) is 22.0 Å². The Labute approximate surface area is 176 Å². The van der Waals surface area contributed by atoms with Gasteiger partial charge in [-0.1, -0.05) is 20.8 Å². The number of benzene rings is 1. The third-order valence-corrected chi connectivity index (χ3v) is 5.63. The molecule has 2 rings (SSSR count). The minimum atomic E-state index is -4.69. The fourth-order valence-corrected chi connectivity index (χ4v) is 3.60. The van der Waals surface area contributed by atoms with Crippen molar-refractivity contribution >= 4 is 29.3 Å². The topological polar surface area (TPSA) is 58.6 Å². The maximum atomic E-state index is 14.0. The van der Waals surface area contributed by atoms with Crippen LogP contribution in [0.1, 0.15) is 47.1 Å². The van der Waals surface area contributed by atoms with Crippen LogP contribution in [0.2, 0.25) is 0 Å². The number of hydrogen-bond donors (Lipinski definition) is 1. The van der Waals surface area contributed by atoms with Crippen molar-refractivity contribution in [3.63, 3.8) is 0 Å². The lowest BCUT2D eigenvalue weighted by Gasteiger charge is -2.40. The lowest BCUT2D eigenvalue weighted by molar-refractivity contribution is -0.148. The smallest absolute Gasteiger partial charge is 0.416 e. The predicted molar refractivity (Wildman–Crippen MR) is 107 cm³/mol. The molecule has 0 saturated carbocycles. The van der Waals surface area contributed by atoms with Gasteiger partial charge in [-0.2, -0.15) is 13.2 Å². The van der Waals surface area contributed by atoms with Crippen LogP contribution in [-0.4, -0.2) is 33.7 Å². The maximum Gasteiger partial charge on any atom is 0.416 e. The number of rotatable bonds is 4. The highest BCUT2D eigenvalue weighted by Gasteiger charge is 2.43. The number of thioether (sulfide) groups is 1. The van der Waals surface area contributed by atoms with Crippen LogP contribution in [0.15, 0.2) is 28.9 Å². The van der Waals surface area contributed by atoms with Crippen molar-refractivity contribution in [1.29, 1.82) is 0 Å². The molecular weight excluding hydrogens is 424 g/mol. The molecule has 0 spiro atoms. The van der Waals surface area contributed by atoms with Crippen molar-refractivity contribution < 1.29 is 31.9 Å². The summed E-state index contributed by atoms with van der Waals surface area (Å²) in [4.78, 5) is 27.4. The van der Waals surface area contributed by atoms with Gasteiger partial charge in [0.2, 0.25) is 5.91 Å². The molecule has 0 bridgehead atoms. The summed E-state index contributed by atoms with van der Waals surface area (Å²) in [6.07, 6.45) is -4.69. The molecule has 5 nitrogen and oxygen atoms in total. The molecule has 2 amide bonds. The Balaban J connectivity index is 2.29. The van der Waals surface area contributed by atoms with Gasteiger partial charge in [0.15, 0.2) is 6.73 Å². The van der Waals surface area contributed by atoms with Gasteiger partial charge >= 0.3 is 6.18 Å². The van der Waals surface area contributed by atoms with Gasteiger partial charge in [-0.25, -0.2) is 4.39 Å². The van der Waals surface area contributed by atoms with Crippen LogP contribution in [0.4, 0.5) is 23.2 Å². The highest BCUT2D eigenvalue weighted by molar-refractivity contribution is 8.05. The van der Waals surface area contributed by atoms with E-state index in [9.17, 15) is 27.2 Å². The monoisotopic (exact) mass is 448 g/mol. The number of alkyl halides is 3. The molecule has 0 aromatic heterocycles. The summed E-state index contributed by atoms with van der Waals surface area (Å²) in [5.74, 6) is -1.88. The van der Waals surface area contributed by atoms with E-state index in [0.717, 1.165) is 4.90 Å². The number of allylic oxidation sites excluding steroid dienone is 1. The second-order valence-electron chi connectivity index (χ2n) is 8.31. The fourth-order valence-electron chi connectivity index (χ4n) is 2.59. The quantitative estimate of drug-likeness (QED) is 0.648. The number of carbonyl (C=O) groups excluding carboxylic acids is 2. The predicted octanol–water partition coefficient (Wildman–Crippen LogP) is 5.14. The molecule has 1 heterocycles. The molecule has 0 saturated heterocycles. The van der Waals surface area contributed by atoms with Gasteiger partial charge in [-0.15, -0.1) is 11.8 Å². The summed E-state index contributed by atoms with van der Waals surface area (Å²) in [6, 6.07) is 1.73. The summed E-state index contributed by atoms with van der Waals surface area (Å²) in [7, 11) is 0. The number of ether oxygens (including phenoxy) is 1. The number of amides is 2. The van der Waals surface area contributed by atoms with E-state index in [1.54, 1.807) is 6.92 Å². The first-order valence-corrected chi connectivity index (χ1v) is 9.88. The van der Waals surface area contributed by atoms with E-state index in [-0.39, 0.29) is 11.5 Å².